The molecule has 0 unspecified atom stereocenters. The average molecular weight is 348 g/mol. The molecule has 0 aliphatic rings. The van der Waals surface area contributed by atoms with Gasteiger partial charge in [-0.1, -0.05) is 55.8 Å². The fourth-order valence-electron chi connectivity index (χ4n) is 2.34. The number of urea groups is 1. The number of benzene rings is 1. The number of amides is 2. The summed E-state index contributed by atoms with van der Waals surface area (Å²) in [6.45, 7) is 4.76. The molecule has 128 valence electrons. The maximum atomic E-state index is 12.6. The maximum Gasteiger partial charge on any atom is 0.322 e. The number of aromatic nitrogens is 1. The Bertz CT molecular complexity index is 664. The van der Waals surface area contributed by atoms with Gasteiger partial charge in [-0.05, 0) is 23.6 Å². The molecule has 6 heteroatoms. The van der Waals surface area contributed by atoms with Crippen LogP contribution >= 0.6 is 11.6 Å². The third kappa shape index (κ3) is 5.22. The van der Waals surface area contributed by atoms with Crippen molar-refractivity contribution in [2.45, 2.75) is 20.0 Å². The first-order valence-corrected chi connectivity index (χ1v) is 8.24. The summed E-state index contributed by atoms with van der Waals surface area (Å²) < 4.78 is 0. The van der Waals surface area contributed by atoms with Gasteiger partial charge in [0.05, 0.1) is 18.3 Å². The molecule has 24 heavy (non-hydrogen) atoms. The van der Waals surface area contributed by atoms with Crippen molar-refractivity contribution in [3.63, 3.8) is 0 Å². The number of rotatable bonds is 6. The van der Waals surface area contributed by atoms with Gasteiger partial charge in [-0.15, -0.1) is 0 Å². The van der Waals surface area contributed by atoms with Gasteiger partial charge in [0.1, 0.15) is 0 Å². The van der Waals surface area contributed by atoms with Crippen LogP contribution in [-0.4, -0.2) is 34.1 Å². The second kappa shape index (κ2) is 8.66. The van der Waals surface area contributed by atoms with Crippen LogP contribution in [0.1, 0.15) is 25.5 Å². The van der Waals surface area contributed by atoms with E-state index in [0.29, 0.717) is 12.2 Å². The van der Waals surface area contributed by atoms with Crippen molar-refractivity contribution in [1.82, 2.24) is 9.88 Å². The van der Waals surface area contributed by atoms with E-state index in [4.69, 9.17) is 11.6 Å². The average Bonchev–Trinajstić information content (AvgIpc) is 2.56. The highest BCUT2D eigenvalue weighted by atomic mass is 35.5. The van der Waals surface area contributed by atoms with Crippen LogP contribution < -0.4 is 5.32 Å². The third-order valence-corrected chi connectivity index (χ3v) is 3.75. The van der Waals surface area contributed by atoms with Crippen molar-refractivity contribution in [1.29, 1.82) is 0 Å². The van der Waals surface area contributed by atoms with Gasteiger partial charge in [-0.25, -0.2) is 9.78 Å². The number of halogens is 1. The minimum Gasteiger partial charge on any atom is -0.387 e. The van der Waals surface area contributed by atoms with Crippen LogP contribution in [0.3, 0.4) is 0 Å². The Kier molecular flexibility index (Phi) is 6.58. The lowest BCUT2D eigenvalue weighted by Crippen LogP contribution is -2.40. The topological polar surface area (TPSA) is 65.5 Å². The molecule has 5 nitrogen and oxygen atoms in total. The zero-order valence-corrected chi connectivity index (χ0v) is 14.6. The van der Waals surface area contributed by atoms with Gasteiger partial charge in [-0.3, -0.25) is 0 Å². The van der Waals surface area contributed by atoms with Crippen molar-refractivity contribution in [2.24, 2.45) is 5.92 Å². The fourth-order valence-corrected chi connectivity index (χ4v) is 2.51. The molecule has 2 rings (SSSR count). The smallest absolute Gasteiger partial charge is 0.322 e. The van der Waals surface area contributed by atoms with Gasteiger partial charge in [0.2, 0.25) is 0 Å². The first kappa shape index (κ1) is 18.2. The van der Waals surface area contributed by atoms with Gasteiger partial charge in [0.25, 0.3) is 0 Å². The molecule has 0 spiro atoms. The number of aliphatic hydroxyl groups is 1. The molecule has 0 saturated heterocycles. The van der Waals surface area contributed by atoms with Crippen LogP contribution in [-0.2, 0) is 0 Å². The SMILES string of the molecule is CC(C)CN(C[C@@H](O)c1ccccc1)C(=O)Nc1cccnc1Cl. The van der Waals surface area contributed by atoms with Crippen molar-refractivity contribution in [3.8, 4) is 0 Å². The van der Waals surface area contributed by atoms with Gasteiger partial charge in [-0.2, -0.15) is 0 Å². The molecule has 1 heterocycles. The van der Waals surface area contributed by atoms with Gasteiger partial charge in [0, 0.05) is 12.7 Å². The van der Waals surface area contributed by atoms with E-state index in [-0.39, 0.29) is 23.6 Å². The van der Waals surface area contributed by atoms with Crippen molar-refractivity contribution < 1.29 is 9.90 Å². The van der Waals surface area contributed by atoms with Gasteiger partial charge in [0.15, 0.2) is 5.15 Å². The summed E-state index contributed by atoms with van der Waals surface area (Å²) in [7, 11) is 0. The van der Waals surface area contributed by atoms with E-state index in [0.717, 1.165) is 5.56 Å². The van der Waals surface area contributed by atoms with E-state index in [2.05, 4.69) is 10.3 Å². The van der Waals surface area contributed by atoms with E-state index in [1.807, 2.05) is 44.2 Å². The minimum absolute atomic E-state index is 0.200. The lowest BCUT2D eigenvalue weighted by atomic mass is 10.1. The Morgan fingerprint density at radius 1 is 1.21 bits per heavy atom. The number of aliphatic hydroxyl groups excluding tert-OH is 1. The Morgan fingerprint density at radius 3 is 2.54 bits per heavy atom. The highest BCUT2D eigenvalue weighted by molar-refractivity contribution is 6.32. The second-order valence-corrected chi connectivity index (χ2v) is 6.36. The number of hydrogen-bond donors (Lipinski definition) is 2. The van der Waals surface area contributed by atoms with E-state index >= 15 is 0 Å². The van der Waals surface area contributed by atoms with Crippen molar-refractivity contribution in [3.05, 3.63) is 59.4 Å². The summed E-state index contributed by atoms with van der Waals surface area (Å²) in [5, 5.41) is 13.4. The minimum atomic E-state index is -0.750. The zero-order valence-electron chi connectivity index (χ0n) is 13.8. The summed E-state index contributed by atoms with van der Waals surface area (Å²) in [5.74, 6) is 0.267. The quantitative estimate of drug-likeness (QED) is 0.777. The molecule has 0 radical (unpaired) electrons. The molecule has 0 saturated carbocycles. The number of nitrogens with one attached hydrogen (secondary N) is 1. The monoisotopic (exact) mass is 347 g/mol. The number of nitrogens with zero attached hydrogens (tertiary/aromatic N) is 2. The van der Waals surface area contributed by atoms with E-state index < -0.39 is 6.10 Å². The summed E-state index contributed by atoms with van der Waals surface area (Å²) in [4.78, 5) is 18.1. The Balaban J connectivity index is 2.09. The normalized spacial score (nSPS) is 12.0. The number of pyridine rings is 1. The van der Waals surface area contributed by atoms with Gasteiger partial charge < -0.3 is 15.3 Å². The van der Waals surface area contributed by atoms with Gasteiger partial charge >= 0.3 is 6.03 Å². The number of hydrogen-bond acceptors (Lipinski definition) is 3. The summed E-state index contributed by atoms with van der Waals surface area (Å²) in [6, 6.07) is 12.4. The van der Waals surface area contributed by atoms with Crippen LogP contribution in [0, 0.1) is 5.92 Å². The van der Waals surface area contributed by atoms with Crippen LogP contribution in [0.5, 0.6) is 0 Å². The second-order valence-electron chi connectivity index (χ2n) is 6.00. The molecular weight excluding hydrogens is 326 g/mol. The molecular formula is C18H22ClN3O2. The van der Waals surface area contributed by atoms with Crippen molar-refractivity contribution in [2.75, 3.05) is 18.4 Å². The van der Waals surface area contributed by atoms with Crippen LogP contribution in [0.4, 0.5) is 10.5 Å². The molecule has 0 aliphatic heterocycles. The number of carbonyl (C=O) groups is 1. The third-order valence-electron chi connectivity index (χ3n) is 3.45. The molecule has 0 aliphatic carbocycles. The predicted octanol–water partition coefficient (Wildman–Crippen LogP) is 3.96. The molecule has 1 aromatic heterocycles. The first-order chi connectivity index (χ1) is 11.5. The van der Waals surface area contributed by atoms with E-state index in [9.17, 15) is 9.90 Å². The molecule has 0 fully saturated rings. The highest BCUT2D eigenvalue weighted by Gasteiger charge is 2.20. The predicted molar refractivity (Wildman–Crippen MR) is 96.1 cm³/mol. The summed E-state index contributed by atoms with van der Waals surface area (Å²) >= 11 is 5.99. The molecule has 1 aromatic carbocycles. The Morgan fingerprint density at radius 2 is 1.92 bits per heavy atom. The first-order valence-electron chi connectivity index (χ1n) is 7.87. The summed E-state index contributed by atoms with van der Waals surface area (Å²) in [6.07, 6.45) is 0.809. The zero-order chi connectivity index (χ0) is 17.5. The summed E-state index contributed by atoms with van der Waals surface area (Å²) in [5.41, 5.74) is 1.23. The largest absolute Gasteiger partial charge is 0.387 e. The fraction of sp³-hybridized carbons (Fsp3) is 0.333. The molecule has 2 N–H and O–H groups in total. The number of carbonyl (C=O) groups excluding carboxylic acids is 1. The molecule has 0 bridgehead atoms. The maximum absolute atomic E-state index is 12.6. The standard InChI is InChI=1S/C18H22ClN3O2/c1-13(2)11-22(12-16(23)14-7-4-3-5-8-14)18(24)21-15-9-6-10-20-17(15)19/h3-10,13,16,23H,11-12H2,1-2H3,(H,21,24)/t16-/m1/s1. The van der Waals surface area contributed by atoms with Crippen LogP contribution in [0.15, 0.2) is 48.7 Å². The molecule has 1 atom stereocenters. The Labute approximate surface area is 147 Å². The molecule has 2 amide bonds. The van der Waals surface area contributed by atoms with E-state index in [1.165, 1.54) is 0 Å². The molecule has 2 aromatic rings. The van der Waals surface area contributed by atoms with E-state index in [1.54, 1.807) is 23.2 Å². The lowest BCUT2D eigenvalue weighted by Gasteiger charge is -2.27. The van der Waals surface area contributed by atoms with Crippen LogP contribution in [0.2, 0.25) is 5.15 Å². The Hall–Kier alpha value is -2.11. The highest BCUT2D eigenvalue weighted by Crippen LogP contribution is 2.20. The van der Waals surface area contributed by atoms with Crippen molar-refractivity contribution >= 4 is 23.3 Å². The van der Waals surface area contributed by atoms with Crippen LogP contribution in [0.25, 0.3) is 0 Å². The lowest BCUT2D eigenvalue weighted by molar-refractivity contribution is 0.121. The number of anilines is 1.